The van der Waals surface area contributed by atoms with E-state index in [0.717, 1.165) is 0 Å². The van der Waals surface area contributed by atoms with Gasteiger partial charge in [-0.3, -0.25) is 4.79 Å². The van der Waals surface area contributed by atoms with Crippen molar-refractivity contribution in [1.29, 1.82) is 0 Å². The Hall–Kier alpha value is -1.30. The molecule has 0 aromatic carbocycles. The Kier molecular flexibility index (Phi) is 9.05. The molecule has 2 nitrogen and oxygen atoms in total. The highest BCUT2D eigenvalue weighted by molar-refractivity contribution is 5.75. The summed E-state index contributed by atoms with van der Waals surface area (Å²) in [6, 6.07) is 0. The molecule has 0 spiro atoms. The number of hydrogen-bond acceptors (Lipinski definition) is 2. The van der Waals surface area contributed by atoms with E-state index in [1.807, 2.05) is 0 Å². The van der Waals surface area contributed by atoms with Gasteiger partial charge in [0.2, 0.25) is 0 Å². The Morgan fingerprint density at radius 1 is 0.667 bits per heavy atom. The van der Waals surface area contributed by atoms with Crippen molar-refractivity contribution in [3.05, 3.63) is 0 Å². The number of esters is 1. The van der Waals surface area contributed by atoms with Crippen molar-refractivity contribution >= 4 is 5.97 Å². The van der Waals surface area contributed by atoms with Crippen molar-refractivity contribution in [1.82, 2.24) is 0 Å². The Labute approximate surface area is 166 Å². The van der Waals surface area contributed by atoms with Gasteiger partial charge in [0.25, 0.3) is 23.7 Å². The van der Waals surface area contributed by atoms with E-state index in [9.17, 15) is 53.1 Å². The Balaban J connectivity index is 4.88. The largest absolute Gasteiger partial charge is 0.465 e. The summed E-state index contributed by atoms with van der Waals surface area (Å²) in [4.78, 5) is 11.6. The normalized spacial score (nSPS) is 14.7. The molecule has 0 fully saturated rings. The first-order valence-corrected chi connectivity index (χ1v) is 8.77. The monoisotopic (exact) mass is 468 g/mol. The molecule has 0 aromatic heterocycles. The highest BCUT2D eigenvalue weighted by Gasteiger charge is 2.55. The lowest BCUT2D eigenvalue weighted by molar-refractivity contribution is -0.217. The minimum Gasteiger partial charge on any atom is -0.465 e. The van der Waals surface area contributed by atoms with Crippen LogP contribution in [-0.2, 0) is 9.53 Å². The van der Waals surface area contributed by atoms with Gasteiger partial charge in [0.15, 0.2) is 0 Å². The third kappa shape index (κ3) is 11.8. The van der Waals surface area contributed by atoms with Crippen LogP contribution in [0, 0.1) is 5.41 Å². The van der Waals surface area contributed by atoms with Crippen molar-refractivity contribution in [2.24, 2.45) is 5.41 Å². The zero-order valence-corrected chi connectivity index (χ0v) is 16.4. The maximum absolute atomic E-state index is 13.7. The molecule has 0 atom stereocenters. The molecule has 0 saturated heterocycles. The number of carbonyl (C=O) groups is 1. The van der Waals surface area contributed by atoms with Gasteiger partial charge in [0.05, 0.1) is 31.3 Å². The molecule has 0 bridgehead atoms. The van der Waals surface area contributed by atoms with Crippen molar-refractivity contribution in [3.8, 4) is 0 Å². The maximum atomic E-state index is 13.7. The van der Waals surface area contributed by atoms with Gasteiger partial charge in [-0.1, -0.05) is 6.92 Å². The minimum atomic E-state index is -5.53. The lowest BCUT2D eigenvalue weighted by Gasteiger charge is -2.29. The Bertz CT molecular complexity index is 569. The average Bonchev–Trinajstić information content (AvgIpc) is 2.39. The standard InChI is InChI=1S/C17H23F11O2/c1-4-12(2,3)11(29)30-6-5-13(18,19)7-14(20,21)8-15(22,23)9-16(24,25)10-17(26,27)28/h4-10H2,1-3H3. The van der Waals surface area contributed by atoms with Crippen molar-refractivity contribution in [3.63, 3.8) is 0 Å². The number of halogens is 11. The molecule has 0 unspecified atom stereocenters. The third-order valence-electron chi connectivity index (χ3n) is 4.15. The lowest BCUT2D eigenvalue weighted by atomic mass is 9.91. The van der Waals surface area contributed by atoms with Gasteiger partial charge in [-0.2, -0.15) is 13.2 Å². The highest BCUT2D eigenvalue weighted by Crippen LogP contribution is 2.45. The third-order valence-corrected chi connectivity index (χ3v) is 4.15. The zero-order chi connectivity index (χ0) is 24.2. The fourth-order valence-corrected chi connectivity index (χ4v) is 2.34. The number of carbonyl (C=O) groups excluding carboxylic acids is 1. The molecule has 0 saturated carbocycles. The van der Waals surface area contributed by atoms with Crippen molar-refractivity contribution in [2.45, 2.75) is 89.2 Å². The first-order valence-electron chi connectivity index (χ1n) is 8.77. The predicted octanol–water partition coefficient (Wildman–Crippen LogP) is 7.02. The summed E-state index contributed by atoms with van der Waals surface area (Å²) in [5.41, 5.74) is -1.02. The van der Waals surface area contributed by atoms with Crippen molar-refractivity contribution in [2.75, 3.05) is 6.61 Å². The Morgan fingerprint density at radius 3 is 1.40 bits per heavy atom. The maximum Gasteiger partial charge on any atom is 0.394 e. The summed E-state index contributed by atoms with van der Waals surface area (Å²) in [5, 5.41) is 0. The summed E-state index contributed by atoms with van der Waals surface area (Å²) in [5.74, 6) is -20.1. The molecule has 0 aliphatic heterocycles. The predicted molar refractivity (Wildman–Crippen MR) is 84.0 cm³/mol. The van der Waals surface area contributed by atoms with Gasteiger partial charge >= 0.3 is 12.1 Å². The number of hydrogen-bond donors (Lipinski definition) is 0. The fourth-order valence-electron chi connectivity index (χ4n) is 2.34. The summed E-state index contributed by atoms with van der Waals surface area (Å²) >= 11 is 0. The second-order valence-electron chi connectivity index (χ2n) is 7.87. The zero-order valence-electron chi connectivity index (χ0n) is 16.4. The van der Waals surface area contributed by atoms with E-state index >= 15 is 0 Å². The highest BCUT2D eigenvalue weighted by atomic mass is 19.4. The molecule has 13 heteroatoms. The SMILES string of the molecule is CCC(C)(C)C(=O)OCCC(F)(F)CC(F)(F)CC(F)(F)CC(F)(F)CC(F)(F)F. The summed E-state index contributed by atoms with van der Waals surface area (Å²) in [7, 11) is 0. The number of alkyl halides is 11. The van der Waals surface area contributed by atoms with Crippen LogP contribution in [0.3, 0.4) is 0 Å². The van der Waals surface area contributed by atoms with Crippen LogP contribution < -0.4 is 0 Å². The molecule has 180 valence electrons. The van der Waals surface area contributed by atoms with Crippen LogP contribution >= 0.6 is 0 Å². The minimum absolute atomic E-state index is 0.286. The quantitative estimate of drug-likeness (QED) is 0.227. The van der Waals surface area contributed by atoms with Crippen molar-refractivity contribution < 1.29 is 57.8 Å². The van der Waals surface area contributed by atoms with Gasteiger partial charge in [-0.25, -0.2) is 35.1 Å². The average molecular weight is 468 g/mol. The molecule has 0 aliphatic rings. The van der Waals surface area contributed by atoms with Crippen LogP contribution in [0.2, 0.25) is 0 Å². The van der Waals surface area contributed by atoms with E-state index in [1.165, 1.54) is 13.8 Å². The topological polar surface area (TPSA) is 26.3 Å². The van der Waals surface area contributed by atoms with Gasteiger partial charge in [0.1, 0.15) is 6.42 Å². The summed E-state index contributed by atoms with van der Waals surface area (Å²) in [6.45, 7) is 3.50. The van der Waals surface area contributed by atoms with Gasteiger partial charge < -0.3 is 4.74 Å². The van der Waals surface area contributed by atoms with E-state index in [0.29, 0.717) is 0 Å². The summed E-state index contributed by atoms with van der Waals surface area (Å²) < 4.78 is 148. The van der Waals surface area contributed by atoms with Gasteiger partial charge in [-0.15, -0.1) is 0 Å². The first kappa shape index (κ1) is 28.7. The molecule has 0 radical (unpaired) electrons. The molecule has 30 heavy (non-hydrogen) atoms. The van der Waals surface area contributed by atoms with Gasteiger partial charge in [-0.05, 0) is 20.3 Å². The van der Waals surface area contributed by atoms with Crippen LogP contribution in [0.15, 0.2) is 0 Å². The molecular formula is C17H23F11O2. The van der Waals surface area contributed by atoms with Gasteiger partial charge in [0, 0.05) is 6.42 Å². The van der Waals surface area contributed by atoms with Crippen LogP contribution in [0.4, 0.5) is 48.3 Å². The van der Waals surface area contributed by atoms with Crippen LogP contribution in [0.5, 0.6) is 0 Å². The Morgan fingerprint density at radius 2 is 1.03 bits per heavy atom. The smallest absolute Gasteiger partial charge is 0.394 e. The second-order valence-corrected chi connectivity index (χ2v) is 7.87. The van der Waals surface area contributed by atoms with Crippen LogP contribution in [-0.4, -0.2) is 42.4 Å². The molecule has 0 aliphatic carbocycles. The molecule has 0 N–H and O–H groups in total. The number of rotatable bonds is 12. The second kappa shape index (κ2) is 9.46. The molecule has 0 aromatic rings. The van der Waals surface area contributed by atoms with E-state index < -0.39 is 80.0 Å². The lowest BCUT2D eigenvalue weighted by Crippen LogP contribution is -2.40. The molecule has 0 rings (SSSR count). The molecule has 0 heterocycles. The first-order chi connectivity index (χ1) is 13.0. The van der Waals surface area contributed by atoms with E-state index in [2.05, 4.69) is 4.74 Å². The van der Waals surface area contributed by atoms with E-state index in [1.54, 1.807) is 6.92 Å². The van der Waals surface area contributed by atoms with Crippen LogP contribution in [0.1, 0.15) is 59.3 Å². The molecule has 0 amide bonds. The fraction of sp³-hybridized carbons (Fsp3) is 0.941. The summed E-state index contributed by atoms with van der Waals surface area (Å²) in [6.07, 6.45) is -17.8. The van der Waals surface area contributed by atoms with E-state index in [-0.39, 0.29) is 6.42 Å². The molecular weight excluding hydrogens is 445 g/mol. The van der Waals surface area contributed by atoms with E-state index in [4.69, 9.17) is 0 Å². The van der Waals surface area contributed by atoms with Crippen LogP contribution in [0.25, 0.3) is 0 Å². The number of ether oxygens (including phenoxy) is 1.